The Morgan fingerprint density at radius 1 is 1.16 bits per heavy atom. The largest absolute Gasteiger partial charge is 0.497 e. The summed E-state index contributed by atoms with van der Waals surface area (Å²) in [6.07, 6.45) is 1.70. The Bertz CT molecular complexity index is 1220. The quantitative estimate of drug-likeness (QED) is 0.458. The first-order valence-electron chi connectivity index (χ1n) is 10.3. The molecule has 0 saturated carbocycles. The third kappa shape index (κ3) is 4.85. The van der Waals surface area contributed by atoms with Crippen molar-refractivity contribution >= 4 is 17.2 Å². The molecule has 0 fully saturated rings. The fourth-order valence-corrected chi connectivity index (χ4v) is 3.48. The van der Waals surface area contributed by atoms with E-state index >= 15 is 0 Å². The molecular weight excluding hydrogens is 409 g/mol. The fourth-order valence-electron chi connectivity index (χ4n) is 3.48. The van der Waals surface area contributed by atoms with E-state index in [-0.39, 0.29) is 24.4 Å². The number of pyridine rings is 1. The molecule has 0 radical (unpaired) electrons. The van der Waals surface area contributed by atoms with Crippen LogP contribution in [-0.2, 0) is 13.1 Å². The van der Waals surface area contributed by atoms with Crippen LogP contribution >= 0.6 is 0 Å². The van der Waals surface area contributed by atoms with Crippen molar-refractivity contribution < 1.29 is 13.9 Å². The third-order valence-corrected chi connectivity index (χ3v) is 5.19. The minimum Gasteiger partial charge on any atom is -0.497 e. The standard InChI is InChI=1S/C24H24FN5O2/c1-16(18-5-3-6-20(13-18)32-2)28-24(31)27-14-22-29-21-7-4-12-26-23(21)30(22)15-17-8-10-19(25)11-9-17/h3-13,16H,14-15H2,1-2H3,(H2,27,28,31)/t16-/m0/s1. The Labute approximate surface area is 185 Å². The summed E-state index contributed by atoms with van der Waals surface area (Å²) in [6.45, 7) is 2.59. The van der Waals surface area contributed by atoms with Crippen LogP contribution in [0.5, 0.6) is 5.75 Å². The van der Waals surface area contributed by atoms with Gasteiger partial charge in [-0.2, -0.15) is 0 Å². The second kappa shape index (κ2) is 9.47. The average molecular weight is 433 g/mol. The van der Waals surface area contributed by atoms with E-state index in [0.717, 1.165) is 22.4 Å². The molecule has 164 valence electrons. The molecule has 0 unspecified atom stereocenters. The number of amides is 2. The van der Waals surface area contributed by atoms with Crippen molar-refractivity contribution in [3.63, 3.8) is 0 Å². The Morgan fingerprint density at radius 2 is 1.97 bits per heavy atom. The van der Waals surface area contributed by atoms with Crippen LogP contribution in [0.25, 0.3) is 11.2 Å². The molecule has 0 aliphatic carbocycles. The van der Waals surface area contributed by atoms with Crippen LogP contribution in [0.15, 0.2) is 66.9 Å². The van der Waals surface area contributed by atoms with Crippen LogP contribution in [-0.4, -0.2) is 27.7 Å². The van der Waals surface area contributed by atoms with E-state index in [1.165, 1.54) is 12.1 Å². The highest BCUT2D eigenvalue weighted by Crippen LogP contribution is 2.19. The molecule has 0 spiro atoms. The number of fused-ring (bicyclic) bond motifs is 1. The van der Waals surface area contributed by atoms with E-state index in [2.05, 4.69) is 20.6 Å². The molecule has 4 rings (SSSR count). The minimum atomic E-state index is -0.311. The Morgan fingerprint density at radius 3 is 2.75 bits per heavy atom. The van der Waals surface area contributed by atoms with Crippen LogP contribution in [0.3, 0.4) is 0 Å². The number of nitrogens with one attached hydrogen (secondary N) is 2. The second-order valence-corrected chi connectivity index (χ2v) is 7.41. The number of carbonyl (C=O) groups is 1. The highest BCUT2D eigenvalue weighted by molar-refractivity contribution is 5.75. The molecule has 0 saturated heterocycles. The summed E-state index contributed by atoms with van der Waals surface area (Å²) in [5.41, 5.74) is 3.29. The lowest BCUT2D eigenvalue weighted by Gasteiger charge is -2.16. The van der Waals surface area contributed by atoms with Crippen molar-refractivity contribution in [3.05, 3.63) is 89.6 Å². The van der Waals surface area contributed by atoms with Crippen molar-refractivity contribution in [1.82, 2.24) is 25.2 Å². The number of urea groups is 1. The number of aromatic nitrogens is 3. The number of imidazole rings is 1. The number of benzene rings is 2. The number of rotatable bonds is 7. The van der Waals surface area contributed by atoms with Gasteiger partial charge >= 0.3 is 6.03 Å². The lowest BCUT2D eigenvalue weighted by Crippen LogP contribution is -2.37. The predicted molar refractivity (Wildman–Crippen MR) is 120 cm³/mol. The minimum absolute atomic E-state index is 0.204. The number of carbonyl (C=O) groups excluding carboxylic acids is 1. The Hall–Kier alpha value is -3.94. The second-order valence-electron chi connectivity index (χ2n) is 7.41. The summed E-state index contributed by atoms with van der Waals surface area (Å²) >= 11 is 0. The maximum Gasteiger partial charge on any atom is 0.315 e. The van der Waals surface area contributed by atoms with E-state index in [9.17, 15) is 9.18 Å². The van der Waals surface area contributed by atoms with Crippen LogP contribution in [0, 0.1) is 5.82 Å². The van der Waals surface area contributed by atoms with Gasteiger partial charge in [-0.25, -0.2) is 19.2 Å². The molecule has 7 nitrogen and oxygen atoms in total. The van der Waals surface area contributed by atoms with Crippen molar-refractivity contribution in [2.75, 3.05) is 7.11 Å². The van der Waals surface area contributed by atoms with Gasteiger partial charge in [0, 0.05) is 6.20 Å². The monoisotopic (exact) mass is 433 g/mol. The van der Waals surface area contributed by atoms with Gasteiger partial charge in [0.15, 0.2) is 5.65 Å². The van der Waals surface area contributed by atoms with E-state index in [1.54, 1.807) is 25.4 Å². The molecule has 1 atom stereocenters. The first-order chi connectivity index (χ1) is 15.5. The molecule has 32 heavy (non-hydrogen) atoms. The highest BCUT2D eigenvalue weighted by atomic mass is 19.1. The van der Waals surface area contributed by atoms with Gasteiger partial charge in [-0.3, -0.25) is 0 Å². The lowest BCUT2D eigenvalue weighted by atomic mass is 10.1. The van der Waals surface area contributed by atoms with E-state index < -0.39 is 0 Å². The first kappa shape index (κ1) is 21.3. The van der Waals surface area contributed by atoms with Crippen molar-refractivity contribution in [3.8, 4) is 5.75 Å². The fraction of sp³-hybridized carbons (Fsp3) is 0.208. The molecule has 2 aromatic carbocycles. The molecule has 0 aliphatic heterocycles. The van der Waals surface area contributed by atoms with Gasteiger partial charge in [-0.1, -0.05) is 24.3 Å². The highest BCUT2D eigenvalue weighted by Gasteiger charge is 2.15. The van der Waals surface area contributed by atoms with E-state index in [4.69, 9.17) is 4.74 Å². The average Bonchev–Trinajstić information content (AvgIpc) is 3.16. The lowest BCUT2D eigenvalue weighted by molar-refractivity contribution is 0.237. The summed E-state index contributed by atoms with van der Waals surface area (Å²) in [5.74, 6) is 1.11. The molecular formula is C24H24FN5O2. The van der Waals surface area contributed by atoms with Gasteiger partial charge in [0.25, 0.3) is 0 Å². The van der Waals surface area contributed by atoms with Crippen LogP contribution in [0.1, 0.15) is 29.9 Å². The van der Waals surface area contributed by atoms with Gasteiger partial charge in [0.1, 0.15) is 22.9 Å². The van der Waals surface area contributed by atoms with Crippen molar-refractivity contribution in [2.45, 2.75) is 26.1 Å². The number of ether oxygens (including phenoxy) is 1. The van der Waals surface area contributed by atoms with E-state index in [0.29, 0.717) is 18.0 Å². The molecule has 4 aromatic rings. The first-order valence-corrected chi connectivity index (χ1v) is 10.3. The zero-order valence-electron chi connectivity index (χ0n) is 17.9. The smallest absolute Gasteiger partial charge is 0.315 e. The molecule has 8 heteroatoms. The third-order valence-electron chi connectivity index (χ3n) is 5.19. The van der Waals surface area contributed by atoms with Crippen molar-refractivity contribution in [1.29, 1.82) is 0 Å². The maximum atomic E-state index is 13.3. The number of halogens is 1. The van der Waals surface area contributed by atoms with Crippen LogP contribution < -0.4 is 15.4 Å². The van der Waals surface area contributed by atoms with E-state index in [1.807, 2.05) is 47.9 Å². The van der Waals surface area contributed by atoms with Gasteiger partial charge in [0.05, 0.1) is 26.2 Å². The van der Waals surface area contributed by atoms with Crippen LogP contribution in [0.2, 0.25) is 0 Å². The zero-order valence-corrected chi connectivity index (χ0v) is 17.9. The molecule has 0 bridgehead atoms. The van der Waals surface area contributed by atoms with Gasteiger partial charge < -0.3 is 19.9 Å². The Balaban J connectivity index is 1.47. The number of hydrogen-bond acceptors (Lipinski definition) is 4. The molecule has 0 aliphatic rings. The normalized spacial score (nSPS) is 11.8. The summed E-state index contributed by atoms with van der Waals surface area (Å²) in [7, 11) is 1.61. The summed E-state index contributed by atoms with van der Waals surface area (Å²) < 4.78 is 20.5. The van der Waals surface area contributed by atoms with Gasteiger partial charge in [0.2, 0.25) is 0 Å². The molecule has 2 amide bonds. The SMILES string of the molecule is COc1cccc([C@H](C)NC(=O)NCc2nc3cccnc3n2Cc2ccc(F)cc2)c1. The predicted octanol–water partition coefficient (Wildman–Crippen LogP) is 4.19. The summed E-state index contributed by atoms with van der Waals surface area (Å²) in [4.78, 5) is 21.6. The molecule has 2 heterocycles. The Kier molecular flexibility index (Phi) is 6.30. The number of methoxy groups -OCH3 is 1. The topological polar surface area (TPSA) is 81.1 Å². The summed E-state index contributed by atoms with van der Waals surface area (Å²) in [5, 5.41) is 5.80. The van der Waals surface area contributed by atoms with Crippen LogP contribution in [0.4, 0.5) is 9.18 Å². The summed E-state index contributed by atoms with van der Waals surface area (Å²) in [6, 6.07) is 17.0. The van der Waals surface area contributed by atoms with Crippen molar-refractivity contribution in [2.24, 2.45) is 0 Å². The number of nitrogens with zero attached hydrogens (tertiary/aromatic N) is 3. The molecule has 2 N–H and O–H groups in total. The maximum absolute atomic E-state index is 13.3. The van der Waals surface area contributed by atoms with Gasteiger partial charge in [-0.05, 0) is 54.4 Å². The number of hydrogen-bond donors (Lipinski definition) is 2. The zero-order chi connectivity index (χ0) is 22.5. The van der Waals surface area contributed by atoms with Gasteiger partial charge in [-0.15, -0.1) is 0 Å². The molecule has 2 aromatic heterocycles.